The van der Waals surface area contributed by atoms with Crippen molar-refractivity contribution in [1.29, 1.82) is 0 Å². The molecule has 0 radical (unpaired) electrons. The van der Waals surface area contributed by atoms with Crippen LogP contribution >= 0.6 is 23.4 Å². The number of thioether (sulfide) groups is 1. The van der Waals surface area contributed by atoms with E-state index in [1.165, 1.54) is 23.9 Å². The Kier molecular flexibility index (Phi) is 4.85. The second-order valence-electron chi connectivity index (χ2n) is 3.79. The van der Waals surface area contributed by atoms with Crippen LogP contribution in [-0.4, -0.2) is 24.9 Å². The minimum atomic E-state index is -3.25. The average Bonchev–Trinajstić information content (AvgIpc) is 2.40. The molecule has 0 saturated heterocycles. The predicted octanol–water partition coefficient (Wildman–Crippen LogP) is 3.30. The SMILES string of the molecule is O=S(=O)(CCSc1ccccn1)c1ccc(Cl)cc1. The Morgan fingerprint density at radius 2 is 1.84 bits per heavy atom. The van der Waals surface area contributed by atoms with Gasteiger partial charge in [0.15, 0.2) is 9.84 Å². The highest BCUT2D eigenvalue weighted by Crippen LogP contribution is 2.19. The smallest absolute Gasteiger partial charge is 0.179 e. The minimum Gasteiger partial charge on any atom is -0.250 e. The van der Waals surface area contributed by atoms with Gasteiger partial charge < -0.3 is 0 Å². The molecule has 6 heteroatoms. The number of hydrogen-bond donors (Lipinski definition) is 0. The second kappa shape index (κ2) is 6.41. The van der Waals surface area contributed by atoms with Crippen LogP contribution in [0.25, 0.3) is 0 Å². The highest BCUT2D eigenvalue weighted by atomic mass is 35.5. The first kappa shape index (κ1) is 14.4. The monoisotopic (exact) mass is 313 g/mol. The van der Waals surface area contributed by atoms with E-state index in [2.05, 4.69) is 4.98 Å². The van der Waals surface area contributed by atoms with Crippen molar-refractivity contribution in [2.75, 3.05) is 11.5 Å². The zero-order chi connectivity index (χ0) is 13.7. The van der Waals surface area contributed by atoms with Crippen molar-refractivity contribution in [3.05, 3.63) is 53.7 Å². The summed E-state index contributed by atoms with van der Waals surface area (Å²) in [6.07, 6.45) is 1.69. The Morgan fingerprint density at radius 3 is 2.47 bits per heavy atom. The van der Waals surface area contributed by atoms with Gasteiger partial charge in [0.05, 0.1) is 15.7 Å². The van der Waals surface area contributed by atoms with E-state index >= 15 is 0 Å². The first-order valence-electron chi connectivity index (χ1n) is 5.60. The molecule has 3 nitrogen and oxygen atoms in total. The van der Waals surface area contributed by atoms with E-state index in [4.69, 9.17) is 11.6 Å². The Labute approximate surface area is 121 Å². The fraction of sp³-hybridized carbons (Fsp3) is 0.154. The summed E-state index contributed by atoms with van der Waals surface area (Å²) >= 11 is 7.17. The molecule has 0 amide bonds. The summed E-state index contributed by atoms with van der Waals surface area (Å²) in [5, 5.41) is 1.36. The van der Waals surface area contributed by atoms with Crippen molar-refractivity contribution in [2.24, 2.45) is 0 Å². The molecule has 0 aliphatic rings. The quantitative estimate of drug-likeness (QED) is 0.795. The van der Waals surface area contributed by atoms with Crippen molar-refractivity contribution in [3.63, 3.8) is 0 Å². The van der Waals surface area contributed by atoms with Crippen LogP contribution < -0.4 is 0 Å². The third kappa shape index (κ3) is 4.23. The van der Waals surface area contributed by atoms with Crippen LogP contribution in [0, 0.1) is 0 Å². The zero-order valence-electron chi connectivity index (χ0n) is 9.99. The molecule has 19 heavy (non-hydrogen) atoms. The van der Waals surface area contributed by atoms with Crippen LogP contribution in [0.4, 0.5) is 0 Å². The molecule has 1 aromatic carbocycles. The van der Waals surface area contributed by atoms with Gasteiger partial charge in [-0.25, -0.2) is 13.4 Å². The Hall–Kier alpha value is -1.04. The maximum Gasteiger partial charge on any atom is 0.179 e. The van der Waals surface area contributed by atoms with Crippen LogP contribution in [0.3, 0.4) is 0 Å². The van der Waals surface area contributed by atoms with Gasteiger partial charge in [0.2, 0.25) is 0 Å². The molecular formula is C13H12ClNO2S2. The maximum absolute atomic E-state index is 12.1. The number of aromatic nitrogens is 1. The number of pyridine rings is 1. The summed E-state index contributed by atoms with van der Waals surface area (Å²) in [5.74, 6) is 0.553. The van der Waals surface area contributed by atoms with E-state index in [9.17, 15) is 8.42 Å². The fourth-order valence-corrected chi connectivity index (χ4v) is 4.09. The fourth-order valence-electron chi connectivity index (χ4n) is 1.45. The first-order valence-corrected chi connectivity index (χ1v) is 8.62. The van der Waals surface area contributed by atoms with Gasteiger partial charge in [-0.05, 0) is 36.4 Å². The number of halogens is 1. The molecule has 0 N–H and O–H groups in total. The number of nitrogens with zero attached hydrogens (tertiary/aromatic N) is 1. The van der Waals surface area contributed by atoms with Crippen LogP contribution in [0.2, 0.25) is 5.02 Å². The number of sulfone groups is 1. The molecule has 0 fully saturated rings. The van der Waals surface area contributed by atoms with Crippen molar-refractivity contribution >= 4 is 33.2 Å². The molecule has 1 heterocycles. The lowest BCUT2D eigenvalue weighted by Crippen LogP contribution is -2.08. The highest BCUT2D eigenvalue weighted by molar-refractivity contribution is 8.00. The summed E-state index contributed by atoms with van der Waals surface area (Å²) in [7, 11) is -3.25. The van der Waals surface area contributed by atoms with E-state index < -0.39 is 9.84 Å². The van der Waals surface area contributed by atoms with Crippen LogP contribution in [0.1, 0.15) is 0 Å². The zero-order valence-corrected chi connectivity index (χ0v) is 12.4. The molecule has 0 aliphatic carbocycles. The van der Waals surface area contributed by atoms with Gasteiger partial charge in [-0.1, -0.05) is 17.7 Å². The molecule has 0 bridgehead atoms. The van der Waals surface area contributed by atoms with Gasteiger partial charge >= 0.3 is 0 Å². The van der Waals surface area contributed by atoms with Crippen LogP contribution in [0.15, 0.2) is 58.6 Å². The van der Waals surface area contributed by atoms with Crippen molar-refractivity contribution in [1.82, 2.24) is 4.98 Å². The highest BCUT2D eigenvalue weighted by Gasteiger charge is 2.14. The third-order valence-electron chi connectivity index (χ3n) is 2.41. The van der Waals surface area contributed by atoms with E-state index in [1.807, 2.05) is 18.2 Å². The van der Waals surface area contributed by atoms with E-state index in [0.29, 0.717) is 15.7 Å². The normalized spacial score (nSPS) is 11.4. The molecule has 2 aromatic rings. The summed E-state index contributed by atoms with van der Waals surface area (Å²) < 4.78 is 24.1. The van der Waals surface area contributed by atoms with E-state index in [0.717, 1.165) is 5.03 Å². The topological polar surface area (TPSA) is 47.0 Å². The predicted molar refractivity (Wildman–Crippen MR) is 78.5 cm³/mol. The number of rotatable bonds is 5. The van der Waals surface area contributed by atoms with Gasteiger partial charge in [-0.2, -0.15) is 0 Å². The van der Waals surface area contributed by atoms with Gasteiger partial charge in [-0.15, -0.1) is 11.8 Å². The molecule has 0 spiro atoms. The summed E-state index contributed by atoms with van der Waals surface area (Å²) in [4.78, 5) is 4.44. The molecule has 1 aromatic heterocycles. The van der Waals surface area contributed by atoms with Crippen LogP contribution in [0.5, 0.6) is 0 Å². The van der Waals surface area contributed by atoms with Crippen molar-refractivity contribution < 1.29 is 8.42 Å². The third-order valence-corrected chi connectivity index (χ3v) is 5.60. The number of hydrogen-bond acceptors (Lipinski definition) is 4. The minimum absolute atomic E-state index is 0.0792. The first-order chi connectivity index (χ1) is 9.08. The Morgan fingerprint density at radius 1 is 1.11 bits per heavy atom. The molecule has 100 valence electrons. The van der Waals surface area contributed by atoms with Gasteiger partial charge in [0.25, 0.3) is 0 Å². The summed E-state index contributed by atoms with van der Waals surface area (Å²) in [6, 6.07) is 11.8. The van der Waals surface area contributed by atoms with E-state index in [1.54, 1.807) is 18.3 Å². The lowest BCUT2D eigenvalue weighted by atomic mass is 10.4. The van der Waals surface area contributed by atoms with Crippen molar-refractivity contribution in [3.8, 4) is 0 Å². The summed E-state index contributed by atoms with van der Waals surface area (Å²) in [6.45, 7) is 0. The molecule has 0 saturated carbocycles. The standard InChI is InChI=1S/C13H12ClNO2S2/c14-11-4-6-12(7-5-11)19(16,17)10-9-18-13-3-1-2-8-15-13/h1-8H,9-10H2. The lowest BCUT2D eigenvalue weighted by Gasteiger charge is -2.04. The van der Waals surface area contributed by atoms with Gasteiger partial charge in [0.1, 0.15) is 0 Å². The second-order valence-corrected chi connectivity index (χ2v) is 7.45. The largest absolute Gasteiger partial charge is 0.250 e. The molecule has 0 unspecified atom stereocenters. The summed E-state index contributed by atoms with van der Waals surface area (Å²) in [5.41, 5.74) is 0. The van der Waals surface area contributed by atoms with E-state index in [-0.39, 0.29) is 5.75 Å². The van der Waals surface area contributed by atoms with Gasteiger partial charge in [-0.3, -0.25) is 0 Å². The van der Waals surface area contributed by atoms with Crippen molar-refractivity contribution in [2.45, 2.75) is 9.92 Å². The molecule has 0 atom stereocenters. The Balaban J connectivity index is 1.97. The molecule has 0 aliphatic heterocycles. The van der Waals surface area contributed by atoms with Crippen LogP contribution in [-0.2, 0) is 9.84 Å². The maximum atomic E-state index is 12.1. The van der Waals surface area contributed by atoms with Gasteiger partial charge in [0, 0.05) is 17.0 Å². The molecular weight excluding hydrogens is 302 g/mol. The Bertz CT molecular complexity index is 627. The average molecular weight is 314 g/mol. The lowest BCUT2D eigenvalue weighted by molar-refractivity contribution is 0.597. The number of benzene rings is 1. The molecule has 2 rings (SSSR count).